The molecule has 25 heavy (non-hydrogen) atoms. The van der Waals surface area contributed by atoms with Crippen LogP contribution in [0.25, 0.3) is 0 Å². The van der Waals surface area contributed by atoms with Gasteiger partial charge in [-0.2, -0.15) is 0 Å². The number of rotatable bonds is 5. The molecule has 1 N–H and O–H groups in total. The van der Waals surface area contributed by atoms with Crippen molar-refractivity contribution in [3.05, 3.63) is 64.6 Å². The lowest BCUT2D eigenvalue weighted by atomic mass is 9.88. The normalized spacial score (nSPS) is 20.9. The van der Waals surface area contributed by atoms with Gasteiger partial charge in [0, 0.05) is 23.2 Å². The number of hydrogen-bond acceptors (Lipinski definition) is 4. The van der Waals surface area contributed by atoms with Crippen LogP contribution in [0.3, 0.4) is 0 Å². The molecule has 0 aromatic heterocycles. The molecule has 132 valence electrons. The molecule has 5 heteroatoms. The van der Waals surface area contributed by atoms with E-state index in [1.165, 1.54) is 12.7 Å². The Bertz CT molecular complexity index is 705. The number of carbonyl (C=O) groups is 1. The summed E-state index contributed by atoms with van der Waals surface area (Å²) < 4.78 is 6.16. The maximum atomic E-state index is 12.6. The van der Waals surface area contributed by atoms with Crippen molar-refractivity contribution in [2.45, 2.75) is 24.9 Å². The lowest BCUT2D eigenvalue weighted by Crippen LogP contribution is -2.58. The Morgan fingerprint density at radius 3 is 2.60 bits per heavy atom. The van der Waals surface area contributed by atoms with E-state index < -0.39 is 5.54 Å². The zero-order valence-corrected chi connectivity index (χ0v) is 16.0. The van der Waals surface area contributed by atoms with Crippen LogP contribution in [0.15, 0.2) is 59.1 Å². The fourth-order valence-electron chi connectivity index (χ4n) is 3.45. The predicted octanol–water partition coefficient (Wildman–Crippen LogP) is 4.07. The average molecular weight is 403 g/mol. The highest BCUT2D eigenvalue weighted by Crippen LogP contribution is 2.29. The number of halogens is 1. The molecule has 0 spiro atoms. The van der Waals surface area contributed by atoms with E-state index in [0.29, 0.717) is 6.54 Å². The number of nitrogens with zero attached hydrogens (tertiary/aromatic N) is 1. The van der Waals surface area contributed by atoms with Gasteiger partial charge in [0.1, 0.15) is 5.54 Å². The van der Waals surface area contributed by atoms with E-state index in [0.717, 1.165) is 36.1 Å². The highest BCUT2D eigenvalue weighted by molar-refractivity contribution is 9.10. The van der Waals surface area contributed by atoms with Crippen molar-refractivity contribution in [2.24, 2.45) is 0 Å². The van der Waals surface area contributed by atoms with E-state index in [9.17, 15) is 4.79 Å². The molecule has 1 heterocycles. The van der Waals surface area contributed by atoms with Gasteiger partial charge in [0.05, 0.1) is 7.11 Å². The molecule has 0 radical (unpaired) electrons. The molecule has 0 aliphatic carbocycles. The summed E-state index contributed by atoms with van der Waals surface area (Å²) in [6, 6.07) is 18.3. The summed E-state index contributed by atoms with van der Waals surface area (Å²) >= 11 is 3.45. The number of methoxy groups -OCH3 is 1. The first-order valence-corrected chi connectivity index (χ1v) is 9.29. The second-order valence-electron chi connectivity index (χ2n) is 6.51. The lowest BCUT2D eigenvalue weighted by Gasteiger charge is -2.41. The van der Waals surface area contributed by atoms with E-state index in [2.05, 4.69) is 38.3 Å². The van der Waals surface area contributed by atoms with Crippen LogP contribution in [-0.4, -0.2) is 36.6 Å². The SMILES string of the molecule is COC(=O)C1(Nc2ccc(Br)cc2)CCCN(Cc2ccccc2)C1. The van der Waals surface area contributed by atoms with Crippen LogP contribution in [0.4, 0.5) is 5.69 Å². The fourth-order valence-corrected chi connectivity index (χ4v) is 3.71. The van der Waals surface area contributed by atoms with Gasteiger partial charge in [0.15, 0.2) is 0 Å². The number of piperidine rings is 1. The lowest BCUT2D eigenvalue weighted by molar-refractivity contribution is -0.148. The first kappa shape index (κ1) is 18.0. The second-order valence-corrected chi connectivity index (χ2v) is 7.42. The number of nitrogens with one attached hydrogen (secondary N) is 1. The van der Waals surface area contributed by atoms with E-state index in [1.807, 2.05) is 42.5 Å². The van der Waals surface area contributed by atoms with Crippen LogP contribution >= 0.6 is 15.9 Å². The third-order valence-electron chi connectivity index (χ3n) is 4.62. The number of hydrogen-bond donors (Lipinski definition) is 1. The van der Waals surface area contributed by atoms with E-state index in [4.69, 9.17) is 4.74 Å². The van der Waals surface area contributed by atoms with Gasteiger partial charge in [0.25, 0.3) is 0 Å². The summed E-state index contributed by atoms with van der Waals surface area (Å²) in [5.41, 5.74) is 1.47. The van der Waals surface area contributed by atoms with Gasteiger partial charge in [-0.15, -0.1) is 0 Å². The summed E-state index contributed by atoms with van der Waals surface area (Å²) in [6.45, 7) is 2.45. The van der Waals surface area contributed by atoms with Crippen molar-refractivity contribution in [1.82, 2.24) is 4.90 Å². The maximum Gasteiger partial charge on any atom is 0.332 e. The second kappa shape index (κ2) is 8.02. The molecule has 3 rings (SSSR count). The molecule has 1 atom stereocenters. The molecular formula is C20H23BrN2O2. The number of esters is 1. The average Bonchev–Trinajstić information content (AvgIpc) is 2.64. The van der Waals surface area contributed by atoms with Gasteiger partial charge in [-0.3, -0.25) is 4.90 Å². The maximum absolute atomic E-state index is 12.6. The molecule has 0 amide bonds. The van der Waals surface area contributed by atoms with Crippen molar-refractivity contribution in [2.75, 3.05) is 25.5 Å². The third-order valence-corrected chi connectivity index (χ3v) is 5.15. The third kappa shape index (κ3) is 4.41. The summed E-state index contributed by atoms with van der Waals surface area (Å²) in [5, 5.41) is 3.45. The molecular weight excluding hydrogens is 380 g/mol. The van der Waals surface area contributed by atoms with Crippen LogP contribution in [0.5, 0.6) is 0 Å². The molecule has 1 saturated heterocycles. The van der Waals surface area contributed by atoms with E-state index in [-0.39, 0.29) is 5.97 Å². The summed E-state index contributed by atoms with van der Waals surface area (Å²) in [6.07, 6.45) is 1.71. The van der Waals surface area contributed by atoms with Crippen molar-refractivity contribution in [3.63, 3.8) is 0 Å². The summed E-state index contributed by atoms with van der Waals surface area (Å²) in [4.78, 5) is 15.0. The molecule has 1 fully saturated rings. The Morgan fingerprint density at radius 2 is 1.92 bits per heavy atom. The van der Waals surface area contributed by atoms with Crippen LogP contribution in [0.2, 0.25) is 0 Å². The summed E-state index contributed by atoms with van der Waals surface area (Å²) in [5.74, 6) is -0.201. The standard InChI is InChI=1S/C20H23BrN2O2/c1-25-19(24)20(22-18-10-8-17(21)9-11-18)12-5-13-23(15-20)14-16-6-3-2-4-7-16/h2-4,6-11,22H,5,12-15H2,1H3. The highest BCUT2D eigenvalue weighted by Gasteiger charge is 2.43. The molecule has 2 aromatic carbocycles. The van der Waals surface area contributed by atoms with Crippen LogP contribution in [0.1, 0.15) is 18.4 Å². The zero-order valence-electron chi connectivity index (χ0n) is 14.4. The minimum absolute atomic E-state index is 0.201. The smallest absolute Gasteiger partial charge is 0.332 e. The zero-order chi connectivity index (χ0) is 17.7. The Kier molecular flexibility index (Phi) is 5.76. The molecule has 0 bridgehead atoms. The van der Waals surface area contributed by atoms with E-state index >= 15 is 0 Å². The number of anilines is 1. The Hall–Kier alpha value is -1.85. The minimum atomic E-state index is -0.713. The molecule has 1 unspecified atom stereocenters. The monoisotopic (exact) mass is 402 g/mol. The fraction of sp³-hybridized carbons (Fsp3) is 0.350. The van der Waals surface area contributed by atoms with Crippen molar-refractivity contribution in [1.29, 1.82) is 0 Å². The van der Waals surface area contributed by atoms with Gasteiger partial charge >= 0.3 is 5.97 Å². The van der Waals surface area contributed by atoms with Crippen molar-refractivity contribution in [3.8, 4) is 0 Å². The number of ether oxygens (including phenoxy) is 1. The molecule has 4 nitrogen and oxygen atoms in total. The van der Waals surface area contributed by atoms with Gasteiger partial charge < -0.3 is 10.1 Å². The minimum Gasteiger partial charge on any atom is -0.467 e. The van der Waals surface area contributed by atoms with E-state index in [1.54, 1.807) is 0 Å². The number of carbonyl (C=O) groups excluding carboxylic acids is 1. The largest absolute Gasteiger partial charge is 0.467 e. The first-order valence-electron chi connectivity index (χ1n) is 8.50. The Balaban J connectivity index is 1.79. The Morgan fingerprint density at radius 1 is 1.20 bits per heavy atom. The molecule has 1 aliphatic heterocycles. The van der Waals surface area contributed by atoms with Crippen LogP contribution < -0.4 is 5.32 Å². The van der Waals surface area contributed by atoms with Crippen molar-refractivity contribution < 1.29 is 9.53 Å². The quantitative estimate of drug-likeness (QED) is 0.765. The van der Waals surface area contributed by atoms with Gasteiger partial charge in [-0.1, -0.05) is 46.3 Å². The van der Waals surface area contributed by atoms with Crippen LogP contribution in [0, 0.1) is 0 Å². The van der Waals surface area contributed by atoms with Gasteiger partial charge in [0.2, 0.25) is 0 Å². The van der Waals surface area contributed by atoms with Crippen molar-refractivity contribution >= 4 is 27.6 Å². The first-order chi connectivity index (χ1) is 12.1. The van der Waals surface area contributed by atoms with Gasteiger partial charge in [-0.25, -0.2) is 4.79 Å². The van der Waals surface area contributed by atoms with Crippen LogP contribution in [-0.2, 0) is 16.1 Å². The van der Waals surface area contributed by atoms with Gasteiger partial charge in [-0.05, 0) is 49.2 Å². The Labute approximate surface area is 157 Å². The molecule has 2 aromatic rings. The number of likely N-dealkylation sites (tertiary alicyclic amines) is 1. The summed E-state index contributed by atoms with van der Waals surface area (Å²) in [7, 11) is 1.46. The predicted molar refractivity (Wildman–Crippen MR) is 103 cm³/mol. The molecule has 0 saturated carbocycles. The highest BCUT2D eigenvalue weighted by atomic mass is 79.9. The molecule has 1 aliphatic rings. The number of benzene rings is 2. The topological polar surface area (TPSA) is 41.6 Å².